The first kappa shape index (κ1) is 14.3. The minimum atomic E-state index is 0.246. The van der Waals surface area contributed by atoms with E-state index in [9.17, 15) is 4.79 Å². The Balaban J connectivity index is 1.47. The Labute approximate surface area is 137 Å². The summed E-state index contributed by atoms with van der Waals surface area (Å²) in [5, 5.41) is 0. The number of aryl methyl sites for hydroxylation is 1. The molecule has 0 N–H and O–H groups in total. The van der Waals surface area contributed by atoms with Crippen LogP contribution in [0, 0.1) is 0 Å². The first-order chi connectivity index (χ1) is 11.3. The van der Waals surface area contributed by atoms with Crippen LogP contribution in [0.15, 0.2) is 48.5 Å². The van der Waals surface area contributed by atoms with E-state index in [1.807, 2.05) is 4.90 Å². The van der Waals surface area contributed by atoms with Gasteiger partial charge in [0.15, 0.2) is 0 Å². The van der Waals surface area contributed by atoms with Crippen LogP contribution in [0.1, 0.15) is 23.1 Å². The lowest BCUT2D eigenvalue weighted by Crippen LogP contribution is -2.44. The van der Waals surface area contributed by atoms with Gasteiger partial charge in [0.2, 0.25) is 5.91 Å². The van der Waals surface area contributed by atoms with Crippen LogP contribution in [0.4, 0.5) is 5.69 Å². The van der Waals surface area contributed by atoms with E-state index in [1.165, 1.54) is 22.4 Å². The maximum atomic E-state index is 12.8. The van der Waals surface area contributed by atoms with E-state index in [4.69, 9.17) is 0 Å². The van der Waals surface area contributed by atoms with Crippen LogP contribution in [0.2, 0.25) is 0 Å². The second-order valence-corrected chi connectivity index (χ2v) is 6.49. The average molecular weight is 306 g/mol. The van der Waals surface area contributed by atoms with Crippen LogP contribution in [-0.2, 0) is 24.2 Å². The van der Waals surface area contributed by atoms with Gasteiger partial charge < -0.3 is 9.80 Å². The highest BCUT2D eigenvalue weighted by atomic mass is 16.2. The van der Waals surface area contributed by atoms with Gasteiger partial charge in [0.25, 0.3) is 0 Å². The summed E-state index contributed by atoms with van der Waals surface area (Å²) in [7, 11) is 0. The van der Waals surface area contributed by atoms with Crippen molar-refractivity contribution in [2.45, 2.75) is 25.8 Å². The number of benzene rings is 2. The van der Waals surface area contributed by atoms with E-state index in [0.717, 1.165) is 38.9 Å². The first-order valence-electron chi connectivity index (χ1n) is 8.49. The molecule has 0 bridgehead atoms. The summed E-state index contributed by atoms with van der Waals surface area (Å²) in [5.41, 5.74) is 5.30. The normalized spacial score (nSPS) is 16.7. The Morgan fingerprint density at radius 3 is 2.48 bits per heavy atom. The van der Waals surface area contributed by atoms with Crippen LogP contribution in [0.5, 0.6) is 0 Å². The number of para-hydroxylation sites is 1. The third kappa shape index (κ3) is 2.83. The molecule has 1 amide bonds. The van der Waals surface area contributed by atoms with E-state index in [-0.39, 0.29) is 5.91 Å². The fourth-order valence-electron chi connectivity index (χ4n) is 3.75. The Kier molecular flexibility index (Phi) is 3.78. The van der Waals surface area contributed by atoms with Crippen molar-refractivity contribution in [3.8, 4) is 0 Å². The molecule has 4 rings (SSSR count). The number of hydrogen-bond acceptors (Lipinski definition) is 2. The molecule has 2 aliphatic heterocycles. The minimum Gasteiger partial charge on any atom is -0.362 e. The third-order valence-corrected chi connectivity index (χ3v) is 5.02. The highest BCUT2D eigenvalue weighted by Crippen LogP contribution is 2.27. The zero-order valence-corrected chi connectivity index (χ0v) is 13.4. The molecule has 2 aliphatic rings. The van der Waals surface area contributed by atoms with Crippen molar-refractivity contribution >= 4 is 11.6 Å². The number of fused-ring (bicyclic) bond motifs is 2. The van der Waals surface area contributed by atoms with E-state index in [1.54, 1.807) is 0 Å². The Morgan fingerprint density at radius 1 is 0.870 bits per heavy atom. The van der Waals surface area contributed by atoms with Gasteiger partial charge in [-0.25, -0.2) is 0 Å². The first-order valence-corrected chi connectivity index (χ1v) is 8.49. The van der Waals surface area contributed by atoms with Crippen molar-refractivity contribution in [3.63, 3.8) is 0 Å². The number of carbonyl (C=O) groups excluding carboxylic acids is 1. The molecule has 0 saturated heterocycles. The molecule has 118 valence electrons. The monoisotopic (exact) mass is 306 g/mol. The molecule has 0 aromatic heterocycles. The molecule has 3 heteroatoms. The number of rotatable bonds is 2. The van der Waals surface area contributed by atoms with Gasteiger partial charge in [-0.15, -0.1) is 0 Å². The van der Waals surface area contributed by atoms with Crippen LogP contribution in [0.3, 0.4) is 0 Å². The molecule has 2 heterocycles. The lowest BCUT2D eigenvalue weighted by molar-refractivity contribution is -0.130. The van der Waals surface area contributed by atoms with Crippen molar-refractivity contribution in [3.05, 3.63) is 65.2 Å². The molecule has 0 unspecified atom stereocenters. The van der Waals surface area contributed by atoms with E-state index in [0.29, 0.717) is 6.54 Å². The smallest absolute Gasteiger partial charge is 0.242 e. The van der Waals surface area contributed by atoms with E-state index < -0.39 is 0 Å². The maximum Gasteiger partial charge on any atom is 0.242 e. The summed E-state index contributed by atoms with van der Waals surface area (Å²) < 4.78 is 0. The topological polar surface area (TPSA) is 23.6 Å². The van der Waals surface area contributed by atoms with Gasteiger partial charge in [-0.3, -0.25) is 4.79 Å². The molecule has 0 fully saturated rings. The maximum absolute atomic E-state index is 12.8. The van der Waals surface area contributed by atoms with Crippen LogP contribution in [0.25, 0.3) is 0 Å². The largest absolute Gasteiger partial charge is 0.362 e. The molecule has 3 nitrogen and oxygen atoms in total. The van der Waals surface area contributed by atoms with E-state index in [2.05, 4.69) is 53.4 Å². The van der Waals surface area contributed by atoms with Gasteiger partial charge >= 0.3 is 0 Å². The lowest BCUT2D eigenvalue weighted by Gasteiger charge is -2.34. The Bertz CT molecular complexity index is 725. The van der Waals surface area contributed by atoms with Crippen molar-refractivity contribution < 1.29 is 4.79 Å². The van der Waals surface area contributed by atoms with E-state index >= 15 is 0 Å². The lowest BCUT2D eigenvalue weighted by atomic mass is 9.99. The zero-order chi connectivity index (χ0) is 15.6. The van der Waals surface area contributed by atoms with Gasteiger partial charge in [0.05, 0.1) is 6.54 Å². The Morgan fingerprint density at radius 2 is 1.61 bits per heavy atom. The number of hydrogen-bond donors (Lipinski definition) is 0. The number of carbonyl (C=O) groups is 1. The van der Waals surface area contributed by atoms with Crippen LogP contribution >= 0.6 is 0 Å². The zero-order valence-electron chi connectivity index (χ0n) is 13.4. The molecule has 0 atom stereocenters. The second kappa shape index (κ2) is 6.07. The molecular formula is C20H22N2O. The van der Waals surface area contributed by atoms with Gasteiger partial charge in [0, 0.05) is 25.3 Å². The average Bonchev–Trinajstić information content (AvgIpc) is 2.61. The molecule has 0 aliphatic carbocycles. The van der Waals surface area contributed by atoms with Gasteiger partial charge in [0.1, 0.15) is 0 Å². The Hall–Kier alpha value is -2.29. The molecule has 0 saturated carbocycles. The quantitative estimate of drug-likeness (QED) is 0.851. The molecule has 0 spiro atoms. The molecule has 23 heavy (non-hydrogen) atoms. The minimum absolute atomic E-state index is 0.246. The summed E-state index contributed by atoms with van der Waals surface area (Å²) in [6.07, 6.45) is 3.23. The van der Waals surface area contributed by atoms with Gasteiger partial charge in [-0.2, -0.15) is 0 Å². The second-order valence-electron chi connectivity index (χ2n) is 6.49. The van der Waals surface area contributed by atoms with Crippen molar-refractivity contribution in [1.82, 2.24) is 4.90 Å². The SMILES string of the molecule is O=C(CN1CCCc2ccccc21)N1CCc2ccccc2C1. The molecule has 2 aromatic carbocycles. The van der Waals surface area contributed by atoms with Crippen molar-refractivity contribution in [2.75, 3.05) is 24.5 Å². The predicted octanol–water partition coefficient (Wildman–Crippen LogP) is 3.02. The number of anilines is 1. The summed E-state index contributed by atoms with van der Waals surface area (Å²) in [6, 6.07) is 17.0. The van der Waals surface area contributed by atoms with Gasteiger partial charge in [-0.05, 0) is 42.0 Å². The highest BCUT2D eigenvalue weighted by molar-refractivity contribution is 5.82. The number of amides is 1. The van der Waals surface area contributed by atoms with Crippen LogP contribution < -0.4 is 4.90 Å². The standard InChI is InChI=1S/C20H22N2O/c23-20(22-13-11-16-6-1-2-8-18(16)14-22)15-21-12-5-9-17-7-3-4-10-19(17)21/h1-4,6-8,10H,5,9,11-15H2. The fraction of sp³-hybridized carbons (Fsp3) is 0.350. The fourth-order valence-corrected chi connectivity index (χ4v) is 3.75. The van der Waals surface area contributed by atoms with Gasteiger partial charge in [-0.1, -0.05) is 42.5 Å². The van der Waals surface area contributed by atoms with Crippen LogP contribution in [-0.4, -0.2) is 30.4 Å². The van der Waals surface area contributed by atoms with Crippen molar-refractivity contribution in [2.24, 2.45) is 0 Å². The molecule has 0 radical (unpaired) electrons. The summed E-state index contributed by atoms with van der Waals surface area (Å²) in [6.45, 7) is 3.07. The predicted molar refractivity (Wildman–Crippen MR) is 92.5 cm³/mol. The molecule has 2 aromatic rings. The summed E-state index contributed by atoms with van der Waals surface area (Å²) in [5.74, 6) is 0.246. The number of nitrogens with zero attached hydrogens (tertiary/aromatic N) is 2. The molecular weight excluding hydrogens is 284 g/mol. The highest BCUT2D eigenvalue weighted by Gasteiger charge is 2.24. The third-order valence-electron chi connectivity index (χ3n) is 5.02. The summed E-state index contributed by atoms with van der Waals surface area (Å²) >= 11 is 0. The van der Waals surface area contributed by atoms with Crippen molar-refractivity contribution in [1.29, 1.82) is 0 Å². The summed E-state index contributed by atoms with van der Waals surface area (Å²) in [4.78, 5) is 17.0.